The first-order valence-electron chi connectivity index (χ1n) is 6.12. The lowest BCUT2D eigenvalue weighted by atomic mass is 9.53. The molecule has 0 aromatic rings. The Bertz CT molecular complexity index is 181. The largest absolute Gasteiger partial charge is 0.300 e. The van der Waals surface area contributed by atoms with Crippen LogP contribution in [0.4, 0.5) is 0 Å². The van der Waals surface area contributed by atoms with Crippen molar-refractivity contribution in [3.05, 3.63) is 0 Å². The van der Waals surface area contributed by atoms with Gasteiger partial charge < -0.3 is 4.90 Å². The minimum atomic E-state index is 0.877. The van der Waals surface area contributed by atoms with Crippen LogP contribution < -0.4 is 0 Å². The molecular weight excluding hydrogens is 158 g/mol. The second kappa shape index (κ2) is 2.98. The van der Waals surface area contributed by atoms with Gasteiger partial charge in [0.05, 0.1) is 0 Å². The Hall–Kier alpha value is -0.0400. The Morgan fingerprint density at radius 1 is 0.846 bits per heavy atom. The molecule has 3 rings (SSSR count). The highest BCUT2D eigenvalue weighted by molar-refractivity contribution is 5.03. The molecule has 0 unspecified atom stereocenters. The predicted octanol–water partition coefficient (Wildman–Crippen LogP) is 2.81. The molecule has 1 aliphatic heterocycles. The Labute approximate surface area is 81.5 Å². The third kappa shape index (κ3) is 1.32. The molecular formula is C12H21N. The van der Waals surface area contributed by atoms with Crippen molar-refractivity contribution < 1.29 is 0 Å². The van der Waals surface area contributed by atoms with E-state index in [0.29, 0.717) is 0 Å². The predicted molar refractivity (Wildman–Crippen MR) is 54.7 cm³/mol. The molecule has 2 saturated carbocycles. The molecule has 0 aromatic carbocycles. The van der Waals surface area contributed by atoms with E-state index in [-0.39, 0.29) is 0 Å². The fourth-order valence-corrected chi connectivity index (χ4v) is 3.57. The molecule has 13 heavy (non-hydrogen) atoms. The van der Waals surface area contributed by atoms with E-state index in [1.807, 2.05) is 0 Å². The number of likely N-dealkylation sites (tertiary alicyclic amines) is 1. The summed E-state index contributed by atoms with van der Waals surface area (Å²) in [5, 5.41) is 0. The van der Waals surface area contributed by atoms with Crippen molar-refractivity contribution in [3.8, 4) is 0 Å². The zero-order chi connectivity index (χ0) is 8.73. The zero-order valence-electron chi connectivity index (χ0n) is 8.60. The third-order valence-electron chi connectivity index (χ3n) is 4.66. The SMILES string of the molecule is C1CCN(C2CC3(CCC3)C2)CC1. The maximum absolute atomic E-state index is 2.77. The smallest absolute Gasteiger partial charge is 0.0106 e. The van der Waals surface area contributed by atoms with Crippen molar-refractivity contribution in [3.63, 3.8) is 0 Å². The third-order valence-corrected chi connectivity index (χ3v) is 4.66. The van der Waals surface area contributed by atoms with Crippen LogP contribution in [-0.4, -0.2) is 24.0 Å². The zero-order valence-corrected chi connectivity index (χ0v) is 8.60. The number of rotatable bonds is 1. The minimum absolute atomic E-state index is 0.877. The summed E-state index contributed by atoms with van der Waals surface area (Å²) in [5.41, 5.74) is 0.877. The van der Waals surface area contributed by atoms with Gasteiger partial charge in [-0.05, 0) is 57.0 Å². The van der Waals surface area contributed by atoms with Gasteiger partial charge in [-0.1, -0.05) is 12.8 Å². The molecule has 1 spiro atoms. The maximum atomic E-state index is 2.77. The molecule has 2 aliphatic carbocycles. The topological polar surface area (TPSA) is 3.24 Å². The molecule has 3 aliphatic rings. The molecule has 0 aromatic heterocycles. The molecule has 0 bridgehead atoms. The van der Waals surface area contributed by atoms with Gasteiger partial charge in [0.25, 0.3) is 0 Å². The Morgan fingerprint density at radius 2 is 1.54 bits per heavy atom. The highest BCUT2D eigenvalue weighted by Crippen LogP contribution is 2.57. The molecule has 1 saturated heterocycles. The molecule has 0 N–H and O–H groups in total. The average molecular weight is 179 g/mol. The van der Waals surface area contributed by atoms with Crippen LogP contribution in [0.2, 0.25) is 0 Å². The molecule has 74 valence electrons. The highest BCUT2D eigenvalue weighted by Gasteiger charge is 2.49. The summed E-state index contributed by atoms with van der Waals surface area (Å²) in [6.45, 7) is 2.81. The first-order chi connectivity index (χ1) is 6.38. The summed E-state index contributed by atoms with van der Waals surface area (Å²) in [6, 6.07) is 1.00. The first kappa shape index (κ1) is 8.28. The molecule has 3 fully saturated rings. The van der Waals surface area contributed by atoms with Crippen molar-refractivity contribution in [2.45, 2.75) is 57.4 Å². The number of hydrogen-bond donors (Lipinski definition) is 0. The normalized spacial score (nSPS) is 34.2. The van der Waals surface area contributed by atoms with E-state index in [1.165, 1.54) is 38.8 Å². The second-order valence-electron chi connectivity index (χ2n) is 5.51. The van der Waals surface area contributed by atoms with E-state index in [9.17, 15) is 0 Å². The van der Waals surface area contributed by atoms with Crippen LogP contribution in [0.25, 0.3) is 0 Å². The van der Waals surface area contributed by atoms with Crippen LogP contribution in [0.1, 0.15) is 51.4 Å². The van der Waals surface area contributed by atoms with Gasteiger partial charge in [0.2, 0.25) is 0 Å². The van der Waals surface area contributed by atoms with E-state index < -0.39 is 0 Å². The molecule has 1 nitrogen and oxygen atoms in total. The van der Waals surface area contributed by atoms with Crippen LogP contribution in [0.3, 0.4) is 0 Å². The Kier molecular flexibility index (Phi) is 1.90. The molecule has 0 amide bonds. The maximum Gasteiger partial charge on any atom is 0.0106 e. The number of nitrogens with zero attached hydrogens (tertiary/aromatic N) is 1. The van der Waals surface area contributed by atoms with Crippen LogP contribution in [0.5, 0.6) is 0 Å². The van der Waals surface area contributed by atoms with E-state index >= 15 is 0 Å². The van der Waals surface area contributed by atoms with Gasteiger partial charge in [-0.25, -0.2) is 0 Å². The van der Waals surface area contributed by atoms with Gasteiger partial charge >= 0.3 is 0 Å². The molecule has 1 heteroatoms. The van der Waals surface area contributed by atoms with Crippen molar-refractivity contribution in [2.75, 3.05) is 13.1 Å². The monoisotopic (exact) mass is 179 g/mol. The fraction of sp³-hybridized carbons (Fsp3) is 1.00. The standard InChI is InChI=1S/C12H21N/c1-2-7-13(8-3-1)11-9-12(10-11)5-4-6-12/h11H,1-10H2. The van der Waals surface area contributed by atoms with Crippen molar-refractivity contribution in [1.29, 1.82) is 0 Å². The lowest BCUT2D eigenvalue weighted by Crippen LogP contribution is -2.54. The summed E-state index contributed by atoms with van der Waals surface area (Å²) < 4.78 is 0. The summed E-state index contributed by atoms with van der Waals surface area (Å²) >= 11 is 0. The lowest BCUT2D eigenvalue weighted by molar-refractivity contribution is -0.0597. The molecule has 0 atom stereocenters. The Morgan fingerprint density at radius 3 is 2.08 bits per heavy atom. The number of piperidine rings is 1. The number of hydrogen-bond acceptors (Lipinski definition) is 1. The van der Waals surface area contributed by atoms with Gasteiger partial charge in [0.15, 0.2) is 0 Å². The van der Waals surface area contributed by atoms with E-state index in [2.05, 4.69) is 4.90 Å². The van der Waals surface area contributed by atoms with Gasteiger partial charge in [0.1, 0.15) is 0 Å². The quantitative estimate of drug-likeness (QED) is 0.598. The second-order valence-corrected chi connectivity index (χ2v) is 5.51. The fourth-order valence-electron chi connectivity index (χ4n) is 3.57. The lowest BCUT2D eigenvalue weighted by Gasteiger charge is -2.57. The van der Waals surface area contributed by atoms with Crippen LogP contribution in [0, 0.1) is 5.41 Å². The first-order valence-corrected chi connectivity index (χ1v) is 6.12. The average Bonchev–Trinajstić information content (AvgIpc) is 2.01. The van der Waals surface area contributed by atoms with Crippen LogP contribution >= 0.6 is 0 Å². The van der Waals surface area contributed by atoms with Crippen LogP contribution in [0.15, 0.2) is 0 Å². The van der Waals surface area contributed by atoms with Gasteiger partial charge in [-0.2, -0.15) is 0 Å². The molecule has 0 radical (unpaired) electrons. The van der Waals surface area contributed by atoms with Gasteiger partial charge in [0, 0.05) is 6.04 Å². The Balaban J connectivity index is 1.51. The van der Waals surface area contributed by atoms with Crippen molar-refractivity contribution in [2.24, 2.45) is 5.41 Å². The van der Waals surface area contributed by atoms with E-state index in [1.54, 1.807) is 25.7 Å². The minimum Gasteiger partial charge on any atom is -0.300 e. The highest BCUT2D eigenvalue weighted by atomic mass is 15.2. The summed E-state index contributed by atoms with van der Waals surface area (Å²) in [6.07, 6.45) is 12.1. The van der Waals surface area contributed by atoms with Gasteiger partial charge in [-0.3, -0.25) is 0 Å². The molecule has 1 heterocycles. The summed E-state index contributed by atoms with van der Waals surface area (Å²) in [5.74, 6) is 0. The van der Waals surface area contributed by atoms with E-state index in [0.717, 1.165) is 11.5 Å². The summed E-state index contributed by atoms with van der Waals surface area (Å²) in [7, 11) is 0. The van der Waals surface area contributed by atoms with E-state index in [4.69, 9.17) is 0 Å². The van der Waals surface area contributed by atoms with Gasteiger partial charge in [-0.15, -0.1) is 0 Å². The van der Waals surface area contributed by atoms with Crippen LogP contribution in [-0.2, 0) is 0 Å². The van der Waals surface area contributed by atoms with Crippen molar-refractivity contribution >= 4 is 0 Å². The summed E-state index contributed by atoms with van der Waals surface area (Å²) in [4.78, 5) is 2.77. The van der Waals surface area contributed by atoms with Crippen molar-refractivity contribution in [1.82, 2.24) is 4.90 Å².